The molecule has 1 aliphatic carbocycles. The summed E-state index contributed by atoms with van der Waals surface area (Å²) in [6, 6.07) is 6.19. The van der Waals surface area contributed by atoms with E-state index in [0.29, 0.717) is 23.6 Å². The Morgan fingerprint density at radius 2 is 2.10 bits per heavy atom. The number of nitrogens with zero attached hydrogens (tertiary/aromatic N) is 3. The van der Waals surface area contributed by atoms with Crippen LogP contribution in [0.2, 0.25) is 5.15 Å². The Morgan fingerprint density at radius 1 is 1.25 bits per heavy atom. The van der Waals surface area contributed by atoms with Crippen LogP contribution in [0, 0.1) is 0 Å². The van der Waals surface area contributed by atoms with Gasteiger partial charge in [0.2, 0.25) is 0 Å². The van der Waals surface area contributed by atoms with Crippen molar-refractivity contribution in [2.24, 2.45) is 0 Å². The molecule has 2 heterocycles. The summed E-state index contributed by atoms with van der Waals surface area (Å²) in [5.41, 5.74) is 0.926. The van der Waals surface area contributed by atoms with Gasteiger partial charge in [0.1, 0.15) is 6.61 Å². The van der Waals surface area contributed by atoms with Gasteiger partial charge in [-0.25, -0.2) is 4.98 Å². The number of hydrogen-bond acceptors (Lipinski definition) is 3. The fraction of sp³-hybridized carbons (Fsp3) is 0.467. The SMILES string of the molecule is Clc1ncccc1OCc1ccn(C2CCCCC2)n1. The molecule has 0 atom stereocenters. The van der Waals surface area contributed by atoms with Gasteiger partial charge in [-0.3, -0.25) is 4.68 Å². The number of ether oxygens (including phenoxy) is 1. The standard InChI is InChI=1S/C15H18ClN3O/c16-15-14(7-4-9-17-15)20-11-12-8-10-19(18-12)13-5-2-1-3-6-13/h4,7-10,13H,1-3,5-6,11H2. The zero-order chi connectivity index (χ0) is 13.8. The molecule has 5 heteroatoms. The lowest BCUT2D eigenvalue weighted by Crippen LogP contribution is -2.13. The molecule has 0 aromatic carbocycles. The summed E-state index contributed by atoms with van der Waals surface area (Å²) in [5, 5.41) is 4.99. The first kappa shape index (κ1) is 13.4. The van der Waals surface area contributed by atoms with Crippen LogP contribution in [0.15, 0.2) is 30.6 Å². The van der Waals surface area contributed by atoms with Gasteiger partial charge in [-0.1, -0.05) is 30.9 Å². The minimum atomic E-state index is 0.388. The lowest BCUT2D eigenvalue weighted by molar-refractivity contribution is 0.290. The Balaban J connectivity index is 1.61. The van der Waals surface area contributed by atoms with E-state index >= 15 is 0 Å². The Hall–Kier alpha value is -1.55. The van der Waals surface area contributed by atoms with Crippen LogP contribution in [0.25, 0.3) is 0 Å². The Bertz CT molecular complexity index is 564. The number of hydrogen-bond donors (Lipinski definition) is 0. The van der Waals surface area contributed by atoms with Crippen molar-refractivity contribution in [3.05, 3.63) is 41.4 Å². The Kier molecular flexibility index (Phi) is 4.21. The molecule has 0 aliphatic heterocycles. The highest BCUT2D eigenvalue weighted by Gasteiger charge is 2.16. The van der Waals surface area contributed by atoms with E-state index in [1.165, 1.54) is 32.1 Å². The fourth-order valence-electron chi connectivity index (χ4n) is 2.63. The van der Waals surface area contributed by atoms with E-state index in [4.69, 9.17) is 16.3 Å². The summed E-state index contributed by atoms with van der Waals surface area (Å²) in [6.07, 6.45) is 10.1. The lowest BCUT2D eigenvalue weighted by Gasteiger charge is -2.21. The average Bonchev–Trinajstić information content (AvgIpc) is 2.96. The molecular weight excluding hydrogens is 274 g/mol. The quantitative estimate of drug-likeness (QED) is 0.799. The topological polar surface area (TPSA) is 39.9 Å². The van der Waals surface area contributed by atoms with Gasteiger partial charge >= 0.3 is 0 Å². The summed E-state index contributed by atoms with van der Waals surface area (Å²) in [6.45, 7) is 0.422. The van der Waals surface area contributed by atoms with Gasteiger partial charge in [-0.15, -0.1) is 0 Å². The first-order valence-electron chi connectivity index (χ1n) is 7.10. The van der Waals surface area contributed by atoms with Crippen molar-refractivity contribution < 1.29 is 4.74 Å². The van der Waals surface area contributed by atoms with Crippen LogP contribution in [0.4, 0.5) is 0 Å². The monoisotopic (exact) mass is 291 g/mol. The molecule has 1 fully saturated rings. The molecule has 20 heavy (non-hydrogen) atoms. The summed E-state index contributed by atoms with van der Waals surface area (Å²) in [7, 11) is 0. The molecule has 0 N–H and O–H groups in total. The van der Waals surface area contributed by atoms with Crippen LogP contribution in [0.3, 0.4) is 0 Å². The summed E-state index contributed by atoms with van der Waals surface area (Å²) >= 11 is 5.96. The molecule has 2 aromatic heterocycles. The molecule has 0 spiro atoms. The fourth-order valence-corrected chi connectivity index (χ4v) is 2.81. The molecule has 3 rings (SSSR count). The van der Waals surface area contributed by atoms with Crippen molar-refractivity contribution >= 4 is 11.6 Å². The van der Waals surface area contributed by atoms with E-state index in [0.717, 1.165) is 5.69 Å². The second-order valence-corrected chi connectivity index (χ2v) is 5.52. The first-order valence-corrected chi connectivity index (χ1v) is 7.48. The summed E-state index contributed by atoms with van der Waals surface area (Å²) < 4.78 is 7.74. The third kappa shape index (κ3) is 3.12. The van der Waals surface area contributed by atoms with Gasteiger partial charge in [-0.2, -0.15) is 5.10 Å². The smallest absolute Gasteiger partial charge is 0.171 e. The lowest BCUT2D eigenvalue weighted by atomic mass is 9.96. The highest BCUT2D eigenvalue weighted by atomic mass is 35.5. The van der Waals surface area contributed by atoms with Crippen LogP contribution in [-0.4, -0.2) is 14.8 Å². The highest BCUT2D eigenvalue weighted by Crippen LogP contribution is 2.27. The summed E-state index contributed by atoms with van der Waals surface area (Å²) in [5.74, 6) is 0.599. The number of pyridine rings is 1. The van der Waals surface area contributed by atoms with Crippen LogP contribution in [0.5, 0.6) is 5.75 Å². The number of halogens is 1. The van der Waals surface area contributed by atoms with Crippen LogP contribution < -0.4 is 4.74 Å². The maximum atomic E-state index is 5.96. The Labute approximate surface area is 123 Å². The van der Waals surface area contributed by atoms with Crippen molar-refractivity contribution in [1.82, 2.24) is 14.8 Å². The zero-order valence-corrected chi connectivity index (χ0v) is 12.1. The van der Waals surface area contributed by atoms with Crippen LogP contribution in [0.1, 0.15) is 43.8 Å². The van der Waals surface area contributed by atoms with Crippen molar-refractivity contribution in [1.29, 1.82) is 0 Å². The number of rotatable bonds is 4. The highest BCUT2D eigenvalue weighted by molar-refractivity contribution is 6.30. The molecule has 0 bridgehead atoms. The maximum absolute atomic E-state index is 5.96. The maximum Gasteiger partial charge on any atom is 0.171 e. The van der Waals surface area contributed by atoms with Crippen LogP contribution in [-0.2, 0) is 6.61 Å². The molecular formula is C15H18ClN3O. The van der Waals surface area contributed by atoms with E-state index in [9.17, 15) is 0 Å². The van der Waals surface area contributed by atoms with E-state index < -0.39 is 0 Å². The molecule has 0 amide bonds. The molecule has 1 saturated carbocycles. The molecule has 106 valence electrons. The number of aromatic nitrogens is 3. The first-order chi connectivity index (χ1) is 9.83. The molecule has 0 unspecified atom stereocenters. The normalized spacial score (nSPS) is 16.2. The predicted octanol–water partition coefficient (Wildman–Crippen LogP) is 4.02. The van der Waals surface area contributed by atoms with Gasteiger partial charge < -0.3 is 4.74 Å². The zero-order valence-electron chi connectivity index (χ0n) is 11.3. The van der Waals surface area contributed by atoms with Gasteiger partial charge in [0.15, 0.2) is 10.9 Å². The largest absolute Gasteiger partial charge is 0.484 e. The molecule has 4 nitrogen and oxygen atoms in total. The minimum absolute atomic E-state index is 0.388. The Morgan fingerprint density at radius 3 is 2.90 bits per heavy atom. The second-order valence-electron chi connectivity index (χ2n) is 5.16. The molecule has 0 saturated heterocycles. The van der Waals surface area contributed by atoms with Crippen molar-refractivity contribution in [3.8, 4) is 5.75 Å². The van der Waals surface area contributed by atoms with E-state index in [1.54, 1.807) is 6.20 Å². The van der Waals surface area contributed by atoms with Gasteiger partial charge in [0, 0.05) is 12.4 Å². The minimum Gasteiger partial charge on any atom is -0.484 e. The van der Waals surface area contributed by atoms with Crippen molar-refractivity contribution in [2.75, 3.05) is 0 Å². The van der Waals surface area contributed by atoms with Crippen molar-refractivity contribution in [3.63, 3.8) is 0 Å². The second kappa shape index (κ2) is 6.27. The predicted molar refractivity (Wildman–Crippen MR) is 77.9 cm³/mol. The van der Waals surface area contributed by atoms with Crippen molar-refractivity contribution in [2.45, 2.75) is 44.8 Å². The molecule has 0 radical (unpaired) electrons. The van der Waals surface area contributed by atoms with Gasteiger partial charge in [-0.05, 0) is 31.0 Å². The van der Waals surface area contributed by atoms with E-state index in [2.05, 4.69) is 21.0 Å². The van der Waals surface area contributed by atoms with E-state index in [-0.39, 0.29) is 0 Å². The van der Waals surface area contributed by atoms with Gasteiger partial charge in [0.25, 0.3) is 0 Å². The average molecular weight is 292 g/mol. The summed E-state index contributed by atoms with van der Waals surface area (Å²) in [4.78, 5) is 3.98. The third-order valence-electron chi connectivity index (χ3n) is 3.71. The van der Waals surface area contributed by atoms with Crippen LogP contribution >= 0.6 is 11.6 Å². The third-order valence-corrected chi connectivity index (χ3v) is 4.00. The molecule has 1 aliphatic rings. The van der Waals surface area contributed by atoms with Gasteiger partial charge in [0.05, 0.1) is 11.7 Å². The van der Waals surface area contributed by atoms with E-state index in [1.807, 2.05) is 18.2 Å². The molecule has 2 aromatic rings.